The van der Waals surface area contributed by atoms with E-state index in [1.807, 2.05) is 0 Å². The summed E-state index contributed by atoms with van der Waals surface area (Å²) in [5, 5.41) is 3.89. The summed E-state index contributed by atoms with van der Waals surface area (Å²) < 4.78 is 67.5. The molecule has 13 heteroatoms. The molecule has 31 heavy (non-hydrogen) atoms. The Hall–Kier alpha value is -2.50. The molecular weight excluding hydrogens is 449 g/mol. The molecular formula is C18H17ClF5N5O2. The Balaban J connectivity index is 1.61. The van der Waals surface area contributed by atoms with E-state index in [-0.39, 0.29) is 23.8 Å². The number of halogens is 6. The molecule has 0 radical (unpaired) electrons. The summed E-state index contributed by atoms with van der Waals surface area (Å²) >= 11 is 5.91. The van der Waals surface area contributed by atoms with Gasteiger partial charge in [0.2, 0.25) is 5.91 Å². The Morgan fingerprint density at radius 3 is 2.68 bits per heavy atom. The van der Waals surface area contributed by atoms with E-state index in [9.17, 15) is 31.5 Å². The number of fused-ring (bicyclic) bond motifs is 1. The van der Waals surface area contributed by atoms with Gasteiger partial charge in [0, 0.05) is 25.6 Å². The average molecular weight is 466 g/mol. The van der Waals surface area contributed by atoms with Gasteiger partial charge in [-0.3, -0.25) is 14.3 Å². The summed E-state index contributed by atoms with van der Waals surface area (Å²) in [4.78, 5) is 30.5. The predicted octanol–water partition coefficient (Wildman–Crippen LogP) is 2.91. The fraction of sp³-hybridized carbons (Fsp3) is 0.556. The Labute approximate surface area is 177 Å². The highest BCUT2D eigenvalue weighted by molar-refractivity contribution is 6.31. The van der Waals surface area contributed by atoms with Gasteiger partial charge < -0.3 is 4.90 Å². The van der Waals surface area contributed by atoms with Crippen LogP contribution in [0.25, 0.3) is 0 Å². The zero-order valence-corrected chi connectivity index (χ0v) is 16.8. The van der Waals surface area contributed by atoms with Crippen LogP contribution in [-0.2, 0) is 23.9 Å². The van der Waals surface area contributed by atoms with Crippen LogP contribution in [0.1, 0.15) is 42.4 Å². The van der Waals surface area contributed by atoms with E-state index in [1.165, 1.54) is 4.57 Å². The summed E-state index contributed by atoms with van der Waals surface area (Å²) in [7, 11) is 0. The van der Waals surface area contributed by atoms with E-state index in [0.29, 0.717) is 37.4 Å². The third kappa shape index (κ3) is 4.17. The van der Waals surface area contributed by atoms with Gasteiger partial charge in [0.25, 0.3) is 5.92 Å². The van der Waals surface area contributed by atoms with Crippen molar-refractivity contribution in [1.82, 2.24) is 24.2 Å². The lowest BCUT2D eigenvalue weighted by molar-refractivity contribution is -0.138. The van der Waals surface area contributed by atoms with Crippen LogP contribution in [-0.4, -0.2) is 49.2 Å². The molecule has 168 valence electrons. The van der Waals surface area contributed by atoms with E-state index in [4.69, 9.17) is 11.6 Å². The van der Waals surface area contributed by atoms with Gasteiger partial charge in [-0.25, -0.2) is 18.3 Å². The first-order valence-electron chi connectivity index (χ1n) is 9.53. The average Bonchev–Trinajstić information content (AvgIpc) is 3.21. The summed E-state index contributed by atoms with van der Waals surface area (Å²) in [5.41, 5.74) is -1.68. The minimum atomic E-state index is -4.61. The lowest BCUT2D eigenvalue weighted by Crippen LogP contribution is -2.42. The van der Waals surface area contributed by atoms with Crippen molar-refractivity contribution in [3.63, 3.8) is 0 Å². The maximum atomic E-state index is 13.5. The van der Waals surface area contributed by atoms with Crippen LogP contribution in [0, 0.1) is 0 Å². The third-order valence-electron chi connectivity index (χ3n) is 5.44. The maximum absolute atomic E-state index is 13.5. The highest BCUT2D eigenvalue weighted by Crippen LogP contribution is 2.32. The number of alkyl halides is 5. The van der Waals surface area contributed by atoms with Gasteiger partial charge in [0.05, 0.1) is 29.4 Å². The van der Waals surface area contributed by atoms with Gasteiger partial charge in [-0.05, 0) is 18.9 Å². The van der Waals surface area contributed by atoms with Crippen LogP contribution in [0.3, 0.4) is 0 Å². The molecule has 7 nitrogen and oxygen atoms in total. The van der Waals surface area contributed by atoms with Crippen LogP contribution in [0.4, 0.5) is 22.0 Å². The molecule has 0 bridgehead atoms. The second-order valence-corrected chi connectivity index (χ2v) is 8.06. The molecule has 4 rings (SSSR count). The smallest absolute Gasteiger partial charge is 0.335 e. The first-order chi connectivity index (χ1) is 14.5. The molecule has 1 saturated heterocycles. The molecule has 0 N–H and O–H groups in total. The zero-order chi connectivity index (χ0) is 22.6. The number of aromatic nitrogens is 4. The van der Waals surface area contributed by atoms with Crippen molar-refractivity contribution < 1.29 is 26.7 Å². The molecule has 0 saturated carbocycles. The van der Waals surface area contributed by atoms with Crippen molar-refractivity contribution in [2.75, 3.05) is 13.1 Å². The summed E-state index contributed by atoms with van der Waals surface area (Å²) in [6.07, 6.45) is -3.18. The van der Waals surface area contributed by atoms with Gasteiger partial charge >= 0.3 is 11.9 Å². The van der Waals surface area contributed by atoms with E-state index < -0.39 is 48.3 Å². The topological polar surface area (TPSA) is 73.0 Å². The molecule has 1 amide bonds. The Morgan fingerprint density at radius 2 is 2.06 bits per heavy atom. The number of hydrogen-bond donors (Lipinski definition) is 0. The van der Waals surface area contributed by atoms with Crippen LogP contribution >= 0.6 is 11.6 Å². The van der Waals surface area contributed by atoms with Gasteiger partial charge in [0.15, 0.2) is 0 Å². The van der Waals surface area contributed by atoms with Gasteiger partial charge in [-0.2, -0.15) is 18.3 Å². The minimum absolute atomic E-state index is 0.00859. The number of carbonyl (C=O) groups excluding carboxylic acids is 1. The molecule has 0 aliphatic carbocycles. The van der Waals surface area contributed by atoms with Gasteiger partial charge in [-0.1, -0.05) is 11.6 Å². The Bertz CT molecular complexity index is 1080. The lowest BCUT2D eigenvalue weighted by atomic mass is 10.0. The summed E-state index contributed by atoms with van der Waals surface area (Å²) in [6.45, 7) is -1.07. The minimum Gasteiger partial charge on any atom is -0.335 e. The fourth-order valence-corrected chi connectivity index (χ4v) is 4.11. The van der Waals surface area contributed by atoms with Crippen molar-refractivity contribution in [3.8, 4) is 0 Å². The molecule has 2 aliphatic rings. The van der Waals surface area contributed by atoms with E-state index in [1.54, 1.807) is 0 Å². The lowest BCUT2D eigenvalue weighted by Gasteiger charge is -2.27. The van der Waals surface area contributed by atoms with Crippen molar-refractivity contribution in [2.45, 2.75) is 50.4 Å². The van der Waals surface area contributed by atoms with Crippen LogP contribution in [0.2, 0.25) is 5.02 Å². The number of pyridine rings is 1. The number of hydrogen-bond acceptors (Lipinski definition) is 4. The van der Waals surface area contributed by atoms with Crippen molar-refractivity contribution in [3.05, 3.63) is 44.9 Å². The Morgan fingerprint density at radius 1 is 1.32 bits per heavy atom. The first kappa shape index (κ1) is 21.7. The normalized spacial score (nSPS) is 20.7. The second-order valence-electron chi connectivity index (χ2n) is 7.65. The van der Waals surface area contributed by atoms with Crippen molar-refractivity contribution in [2.24, 2.45) is 0 Å². The van der Waals surface area contributed by atoms with Crippen LogP contribution in [0.15, 0.2) is 17.1 Å². The predicted molar refractivity (Wildman–Crippen MR) is 98.0 cm³/mol. The molecule has 0 unspecified atom stereocenters. The monoisotopic (exact) mass is 465 g/mol. The molecule has 0 spiro atoms. The standard InChI is InChI=1S/C18H17ClF5N5O2/c19-11-6-10(18(22,23)24)7-25-12(11)8-28-16(31)29-13(2-1-3-14(29)26-28)15(30)27-5-4-17(20,21)9-27/h6-7,13H,1-5,8-9H2/t13-/m0/s1. The third-order valence-corrected chi connectivity index (χ3v) is 5.77. The highest BCUT2D eigenvalue weighted by atomic mass is 35.5. The number of aryl methyl sites for hydroxylation is 1. The number of amides is 1. The summed E-state index contributed by atoms with van der Waals surface area (Å²) in [6, 6.07) is -0.236. The van der Waals surface area contributed by atoms with Gasteiger partial charge in [0.1, 0.15) is 11.9 Å². The molecule has 1 atom stereocenters. The van der Waals surface area contributed by atoms with E-state index in [0.717, 1.165) is 9.58 Å². The Kier molecular flexibility index (Phi) is 5.31. The largest absolute Gasteiger partial charge is 0.417 e. The molecule has 2 aromatic heterocycles. The van der Waals surface area contributed by atoms with E-state index >= 15 is 0 Å². The molecule has 2 aliphatic heterocycles. The second kappa shape index (κ2) is 7.57. The maximum Gasteiger partial charge on any atom is 0.417 e. The molecule has 1 fully saturated rings. The van der Waals surface area contributed by atoms with Gasteiger partial charge in [-0.15, -0.1) is 0 Å². The number of nitrogens with zero attached hydrogens (tertiary/aromatic N) is 5. The summed E-state index contributed by atoms with van der Waals surface area (Å²) in [5.74, 6) is -3.21. The quantitative estimate of drug-likeness (QED) is 0.653. The number of rotatable bonds is 3. The highest BCUT2D eigenvalue weighted by Gasteiger charge is 2.43. The molecule has 0 aromatic carbocycles. The number of carbonyl (C=O) groups is 1. The zero-order valence-electron chi connectivity index (χ0n) is 16.0. The van der Waals surface area contributed by atoms with Crippen LogP contribution in [0.5, 0.6) is 0 Å². The first-order valence-corrected chi connectivity index (χ1v) is 9.90. The van der Waals surface area contributed by atoms with E-state index in [2.05, 4.69) is 10.1 Å². The molecule has 2 aromatic rings. The fourth-order valence-electron chi connectivity index (χ4n) is 3.88. The van der Waals surface area contributed by atoms with Crippen LogP contribution < -0.4 is 5.69 Å². The number of likely N-dealkylation sites (tertiary alicyclic amines) is 1. The molecule has 4 heterocycles. The van der Waals surface area contributed by atoms with Crippen molar-refractivity contribution in [1.29, 1.82) is 0 Å². The van der Waals surface area contributed by atoms with Crippen molar-refractivity contribution >= 4 is 17.5 Å². The SMILES string of the molecule is O=C([C@@H]1CCCc2nn(Cc3ncc(C(F)(F)F)cc3Cl)c(=O)n21)N1CCC(F)(F)C1.